The number of rotatable bonds is 9. The minimum atomic E-state index is -0.277. The number of hydrogen-bond donors (Lipinski definition) is 1. The molecule has 0 fully saturated rings. The summed E-state index contributed by atoms with van der Waals surface area (Å²) in [5.41, 5.74) is 2.16. The van der Waals surface area contributed by atoms with Gasteiger partial charge in [0.2, 0.25) is 5.89 Å². The average Bonchev–Trinajstić information content (AvgIpc) is 3.20. The van der Waals surface area contributed by atoms with Crippen molar-refractivity contribution in [2.45, 2.75) is 45.9 Å². The summed E-state index contributed by atoms with van der Waals surface area (Å²) in [6.45, 7) is 5.41. The standard InChI is InChI=1S/C23H25ClFN3O2/c1-3-16(2)26-23(29)21-15-30-22(27-21)14-28(12-17-8-10-19(25)11-9-17)13-18-6-4-5-7-20(18)24/h4-11,15-16H,3,12-14H2,1-2H3,(H,26,29)/t16-/m1/s1. The molecule has 0 aliphatic carbocycles. The van der Waals surface area contributed by atoms with E-state index in [-0.39, 0.29) is 23.5 Å². The molecular formula is C23H25ClFN3O2. The van der Waals surface area contributed by atoms with Crippen molar-refractivity contribution in [2.75, 3.05) is 0 Å². The zero-order valence-electron chi connectivity index (χ0n) is 17.1. The van der Waals surface area contributed by atoms with Crippen molar-refractivity contribution in [3.63, 3.8) is 0 Å². The SMILES string of the molecule is CC[C@@H](C)NC(=O)c1coc(CN(Cc2ccc(F)cc2)Cc2ccccc2Cl)n1. The number of benzene rings is 2. The predicted molar refractivity (Wildman–Crippen MR) is 115 cm³/mol. The lowest BCUT2D eigenvalue weighted by molar-refractivity contribution is 0.0934. The quantitative estimate of drug-likeness (QED) is 0.508. The molecule has 1 heterocycles. The van der Waals surface area contributed by atoms with E-state index in [4.69, 9.17) is 16.0 Å². The zero-order chi connectivity index (χ0) is 21.5. The second-order valence-corrected chi connectivity index (χ2v) is 7.68. The summed E-state index contributed by atoms with van der Waals surface area (Å²) in [7, 11) is 0. The van der Waals surface area contributed by atoms with E-state index in [2.05, 4.69) is 15.2 Å². The molecule has 0 aliphatic rings. The molecule has 2 aromatic carbocycles. The largest absolute Gasteiger partial charge is 0.447 e. The lowest BCUT2D eigenvalue weighted by Gasteiger charge is -2.21. The Hall–Kier alpha value is -2.70. The van der Waals surface area contributed by atoms with Crippen molar-refractivity contribution < 1.29 is 13.6 Å². The van der Waals surface area contributed by atoms with Gasteiger partial charge in [-0.15, -0.1) is 0 Å². The monoisotopic (exact) mass is 429 g/mol. The normalized spacial score (nSPS) is 12.2. The summed E-state index contributed by atoms with van der Waals surface area (Å²) >= 11 is 6.33. The van der Waals surface area contributed by atoms with Crippen LogP contribution in [-0.2, 0) is 19.6 Å². The van der Waals surface area contributed by atoms with E-state index in [1.807, 2.05) is 38.1 Å². The Bertz CT molecular complexity index is 975. The highest BCUT2D eigenvalue weighted by molar-refractivity contribution is 6.31. The average molecular weight is 430 g/mol. The Morgan fingerprint density at radius 3 is 2.60 bits per heavy atom. The molecular weight excluding hydrogens is 405 g/mol. The Morgan fingerprint density at radius 1 is 1.17 bits per heavy atom. The molecule has 0 radical (unpaired) electrons. The van der Waals surface area contributed by atoms with Crippen LogP contribution in [0.1, 0.15) is 47.8 Å². The van der Waals surface area contributed by atoms with E-state index in [9.17, 15) is 9.18 Å². The number of aromatic nitrogens is 1. The van der Waals surface area contributed by atoms with Gasteiger partial charge in [0.25, 0.3) is 5.91 Å². The fourth-order valence-electron chi connectivity index (χ4n) is 2.96. The van der Waals surface area contributed by atoms with Crippen LogP contribution in [0.3, 0.4) is 0 Å². The maximum absolute atomic E-state index is 13.3. The summed E-state index contributed by atoms with van der Waals surface area (Å²) in [4.78, 5) is 18.7. The van der Waals surface area contributed by atoms with Crippen LogP contribution in [0.25, 0.3) is 0 Å². The first-order valence-electron chi connectivity index (χ1n) is 9.90. The third-order valence-corrected chi connectivity index (χ3v) is 5.17. The van der Waals surface area contributed by atoms with Gasteiger partial charge in [-0.05, 0) is 42.7 Å². The number of nitrogens with zero attached hydrogens (tertiary/aromatic N) is 2. The molecule has 0 aliphatic heterocycles. The van der Waals surface area contributed by atoms with Crippen LogP contribution >= 0.6 is 11.6 Å². The van der Waals surface area contributed by atoms with Crippen LogP contribution in [0.5, 0.6) is 0 Å². The molecule has 1 N–H and O–H groups in total. The molecule has 5 nitrogen and oxygen atoms in total. The number of halogens is 2. The van der Waals surface area contributed by atoms with Crippen LogP contribution in [0.4, 0.5) is 4.39 Å². The third kappa shape index (κ3) is 6.15. The molecule has 0 unspecified atom stereocenters. The van der Waals surface area contributed by atoms with Crippen LogP contribution in [0.15, 0.2) is 59.2 Å². The first kappa shape index (κ1) is 22.0. The molecule has 1 amide bonds. The van der Waals surface area contributed by atoms with Crippen LogP contribution in [0.2, 0.25) is 5.02 Å². The molecule has 1 aromatic heterocycles. The predicted octanol–water partition coefficient (Wildman–Crippen LogP) is 5.20. The van der Waals surface area contributed by atoms with Crippen molar-refractivity contribution in [3.8, 4) is 0 Å². The van der Waals surface area contributed by atoms with Crippen molar-refractivity contribution in [2.24, 2.45) is 0 Å². The van der Waals surface area contributed by atoms with Gasteiger partial charge in [-0.1, -0.05) is 48.9 Å². The van der Waals surface area contributed by atoms with Crippen LogP contribution < -0.4 is 5.32 Å². The summed E-state index contributed by atoms with van der Waals surface area (Å²) in [5, 5.41) is 3.55. The number of hydrogen-bond acceptors (Lipinski definition) is 4. The highest BCUT2D eigenvalue weighted by atomic mass is 35.5. The van der Waals surface area contributed by atoms with Gasteiger partial charge < -0.3 is 9.73 Å². The molecule has 0 bridgehead atoms. The van der Waals surface area contributed by atoms with Gasteiger partial charge >= 0.3 is 0 Å². The van der Waals surface area contributed by atoms with Crippen molar-refractivity contribution >= 4 is 17.5 Å². The molecule has 0 spiro atoms. The van der Waals surface area contributed by atoms with Gasteiger partial charge in [0.15, 0.2) is 5.69 Å². The lowest BCUT2D eigenvalue weighted by atomic mass is 10.1. The molecule has 3 aromatic rings. The van der Waals surface area contributed by atoms with Crippen LogP contribution in [0, 0.1) is 5.82 Å². The Kier molecular flexibility index (Phi) is 7.60. The first-order valence-corrected chi connectivity index (χ1v) is 10.3. The Morgan fingerprint density at radius 2 is 1.90 bits per heavy atom. The van der Waals surface area contributed by atoms with E-state index in [0.717, 1.165) is 17.5 Å². The lowest BCUT2D eigenvalue weighted by Crippen LogP contribution is -2.32. The molecule has 0 saturated heterocycles. The minimum Gasteiger partial charge on any atom is -0.447 e. The molecule has 0 saturated carbocycles. The maximum Gasteiger partial charge on any atom is 0.273 e. The molecule has 1 atom stereocenters. The highest BCUT2D eigenvalue weighted by Crippen LogP contribution is 2.20. The fraction of sp³-hybridized carbons (Fsp3) is 0.304. The third-order valence-electron chi connectivity index (χ3n) is 4.80. The Labute approximate surface area is 180 Å². The molecule has 7 heteroatoms. The van der Waals surface area contributed by atoms with Crippen LogP contribution in [-0.4, -0.2) is 21.8 Å². The van der Waals surface area contributed by atoms with Crippen molar-refractivity contribution in [1.82, 2.24) is 15.2 Å². The maximum atomic E-state index is 13.3. The minimum absolute atomic E-state index is 0.0628. The van der Waals surface area contributed by atoms with E-state index < -0.39 is 0 Å². The summed E-state index contributed by atoms with van der Waals surface area (Å²) < 4.78 is 18.8. The topological polar surface area (TPSA) is 58.4 Å². The number of amides is 1. The number of carbonyl (C=O) groups is 1. The number of nitrogens with one attached hydrogen (secondary N) is 1. The summed E-state index contributed by atoms with van der Waals surface area (Å²) in [5.74, 6) is -0.102. The second-order valence-electron chi connectivity index (χ2n) is 7.27. The van der Waals surface area contributed by atoms with E-state index in [1.54, 1.807) is 12.1 Å². The highest BCUT2D eigenvalue weighted by Gasteiger charge is 2.17. The summed E-state index contributed by atoms with van der Waals surface area (Å²) in [6.07, 6.45) is 2.21. The molecule has 158 valence electrons. The van der Waals surface area contributed by atoms with Gasteiger partial charge in [-0.25, -0.2) is 9.37 Å². The van der Waals surface area contributed by atoms with Gasteiger partial charge in [0.05, 0.1) is 6.54 Å². The molecule has 3 rings (SSSR count). The van der Waals surface area contributed by atoms with Crippen molar-refractivity contribution in [3.05, 3.63) is 88.3 Å². The number of oxazole rings is 1. The van der Waals surface area contributed by atoms with Gasteiger partial charge in [-0.3, -0.25) is 9.69 Å². The van der Waals surface area contributed by atoms with E-state index in [0.29, 0.717) is 30.5 Å². The van der Waals surface area contributed by atoms with E-state index >= 15 is 0 Å². The fourth-order valence-corrected chi connectivity index (χ4v) is 3.16. The second kappa shape index (κ2) is 10.4. The summed E-state index contributed by atoms with van der Waals surface area (Å²) in [6, 6.07) is 14.0. The van der Waals surface area contributed by atoms with Gasteiger partial charge in [0.1, 0.15) is 12.1 Å². The van der Waals surface area contributed by atoms with Gasteiger partial charge in [-0.2, -0.15) is 0 Å². The Balaban J connectivity index is 1.75. The van der Waals surface area contributed by atoms with Gasteiger partial charge in [0, 0.05) is 24.2 Å². The first-order chi connectivity index (χ1) is 14.4. The number of carbonyl (C=O) groups excluding carboxylic acids is 1. The zero-order valence-corrected chi connectivity index (χ0v) is 17.8. The van der Waals surface area contributed by atoms with Crippen molar-refractivity contribution in [1.29, 1.82) is 0 Å². The smallest absolute Gasteiger partial charge is 0.273 e. The molecule has 30 heavy (non-hydrogen) atoms. The van der Waals surface area contributed by atoms with E-state index in [1.165, 1.54) is 18.4 Å².